The number of fused-ring (bicyclic) bond motifs is 18. The highest BCUT2D eigenvalue weighted by Crippen LogP contribution is 2.48. The zero-order valence-corrected chi connectivity index (χ0v) is 50.1. The minimum Gasteiger partial charge on any atom is -0.455 e. The molecule has 0 radical (unpaired) electrons. The van der Waals surface area contributed by atoms with Gasteiger partial charge < -0.3 is 13.9 Å². The van der Waals surface area contributed by atoms with Crippen molar-refractivity contribution >= 4 is 125 Å². The smallest absolute Gasteiger partial charge is 0.182 e. The number of hydrogen-bond donors (Lipinski definition) is 0. The van der Waals surface area contributed by atoms with Crippen LogP contribution in [0.5, 0.6) is 0 Å². The summed E-state index contributed by atoms with van der Waals surface area (Å²) in [5, 5.41) is 18.5. The van der Waals surface area contributed by atoms with E-state index in [2.05, 4.69) is 275 Å². The van der Waals surface area contributed by atoms with Crippen LogP contribution in [0.1, 0.15) is 0 Å². The highest BCUT2D eigenvalue weighted by molar-refractivity contribution is 6.34. The van der Waals surface area contributed by atoms with Gasteiger partial charge in [-0.05, 0) is 172 Å². The van der Waals surface area contributed by atoms with Crippen LogP contribution in [-0.4, -0.2) is 24.5 Å². The molecule has 15 aromatic carbocycles. The molecule has 432 valence electrons. The molecular formula is C86H52N6O. The quantitative estimate of drug-likeness (QED) is 0.134. The highest BCUT2D eigenvalue weighted by Gasteiger charge is 2.24. The van der Waals surface area contributed by atoms with E-state index in [1.165, 1.54) is 54.0 Å². The summed E-state index contributed by atoms with van der Waals surface area (Å²) < 4.78 is 9.92. The lowest BCUT2D eigenvalue weighted by Gasteiger charge is -2.27. The van der Waals surface area contributed by atoms with Gasteiger partial charge in [0.05, 0.1) is 16.4 Å². The van der Waals surface area contributed by atoms with Crippen molar-refractivity contribution in [2.75, 3.05) is 4.90 Å². The van der Waals surface area contributed by atoms with Crippen molar-refractivity contribution in [3.05, 3.63) is 316 Å². The van der Waals surface area contributed by atoms with Gasteiger partial charge in [0.1, 0.15) is 16.9 Å². The molecule has 0 aliphatic carbocycles. The lowest BCUT2D eigenvalue weighted by atomic mass is 9.93. The van der Waals surface area contributed by atoms with Crippen LogP contribution in [0.2, 0.25) is 0 Å². The van der Waals surface area contributed by atoms with E-state index in [-0.39, 0.29) is 0 Å². The molecule has 19 rings (SSSR count). The lowest BCUT2D eigenvalue weighted by molar-refractivity contribution is 0.677. The minimum absolute atomic E-state index is 0.504. The second-order valence-electron chi connectivity index (χ2n) is 24.1. The Morgan fingerprint density at radius 2 is 0.839 bits per heavy atom. The number of hydrogen-bond acceptors (Lipinski definition) is 6. The Hall–Kier alpha value is -12.6. The van der Waals surface area contributed by atoms with Crippen molar-refractivity contribution in [3.63, 3.8) is 0 Å². The molecule has 0 saturated heterocycles. The first kappa shape index (κ1) is 52.4. The monoisotopic (exact) mass is 1180 g/mol. The first-order chi connectivity index (χ1) is 46.1. The first-order valence-electron chi connectivity index (χ1n) is 31.5. The Kier molecular flexibility index (Phi) is 11.8. The average molecular weight is 1190 g/mol. The zero-order valence-electron chi connectivity index (χ0n) is 50.1. The maximum absolute atomic E-state index is 7.55. The molecule has 4 aromatic heterocycles. The van der Waals surface area contributed by atoms with E-state index in [1.807, 2.05) is 48.5 Å². The van der Waals surface area contributed by atoms with E-state index in [0.717, 1.165) is 110 Å². The minimum atomic E-state index is 0.504. The van der Waals surface area contributed by atoms with Crippen molar-refractivity contribution in [1.29, 1.82) is 0 Å². The third-order valence-corrected chi connectivity index (χ3v) is 18.8. The summed E-state index contributed by atoms with van der Waals surface area (Å²) in [7, 11) is 0. The van der Waals surface area contributed by atoms with Crippen molar-refractivity contribution in [2.24, 2.45) is 0 Å². The van der Waals surface area contributed by atoms with Crippen molar-refractivity contribution in [3.8, 4) is 62.2 Å². The van der Waals surface area contributed by atoms with Gasteiger partial charge in [-0.15, -0.1) is 0 Å². The molecule has 0 N–H and O–H groups in total. The third kappa shape index (κ3) is 8.52. The van der Waals surface area contributed by atoms with Crippen LogP contribution >= 0.6 is 0 Å². The molecule has 0 bridgehead atoms. The summed E-state index contributed by atoms with van der Waals surface area (Å²) in [5.74, 6) is 1.63. The lowest BCUT2D eigenvalue weighted by Crippen LogP contribution is -2.10. The van der Waals surface area contributed by atoms with Crippen LogP contribution in [0.4, 0.5) is 17.1 Å². The topological polar surface area (TPSA) is 72.9 Å². The first-order valence-corrected chi connectivity index (χ1v) is 31.5. The molecule has 0 aliphatic rings. The number of benzene rings is 15. The second-order valence-corrected chi connectivity index (χ2v) is 24.1. The molecule has 0 aliphatic heterocycles. The number of furan rings is 1. The summed E-state index contributed by atoms with van der Waals surface area (Å²) in [6.07, 6.45) is 1.77. The molecule has 0 amide bonds. The van der Waals surface area contributed by atoms with Gasteiger partial charge in [-0.1, -0.05) is 218 Å². The van der Waals surface area contributed by atoms with Gasteiger partial charge in [-0.2, -0.15) is 0 Å². The maximum atomic E-state index is 7.55. The summed E-state index contributed by atoms with van der Waals surface area (Å²) in [6, 6.07) is 111. The van der Waals surface area contributed by atoms with Gasteiger partial charge in [0.25, 0.3) is 0 Å². The average Bonchev–Trinajstić information content (AvgIpc) is 1.58. The Balaban J connectivity index is 0.816. The molecule has 7 nitrogen and oxygen atoms in total. The Morgan fingerprint density at radius 3 is 1.65 bits per heavy atom. The Bertz CT molecular complexity index is 6160. The Labute approximate surface area is 534 Å². The molecule has 0 spiro atoms. The molecule has 4 heterocycles. The predicted octanol–water partition coefficient (Wildman–Crippen LogP) is 23.0. The van der Waals surface area contributed by atoms with Crippen molar-refractivity contribution in [1.82, 2.24) is 24.5 Å². The molecule has 0 atom stereocenters. The van der Waals surface area contributed by atoms with Gasteiger partial charge >= 0.3 is 0 Å². The normalized spacial score (nSPS) is 11.9. The van der Waals surface area contributed by atoms with Gasteiger partial charge in [0.15, 0.2) is 17.5 Å². The van der Waals surface area contributed by atoms with E-state index in [9.17, 15) is 0 Å². The van der Waals surface area contributed by atoms with Gasteiger partial charge in [0.2, 0.25) is 0 Å². The van der Waals surface area contributed by atoms with E-state index >= 15 is 0 Å². The second kappa shape index (κ2) is 21.0. The van der Waals surface area contributed by atoms with Crippen LogP contribution in [0, 0.1) is 0 Å². The van der Waals surface area contributed by atoms with Gasteiger partial charge in [0, 0.05) is 61.6 Å². The van der Waals surface area contributed by atoms with Crippen molar-refractivity contribution in [2.45, 2.75) is 0 Å². The largest absolute Gasteiger partial charge is 0.455 e. The molecule has 0 fully saturated rings. The van der Waals surface area contributed by atoms with E-state index in [1.54, 1.807) is 6.20 Å². The highest BCUT2D eigenvalue weighted by atomic mass is 16.3. The molecule has 93 heavy (non-hydrogen) atoms. The van der Waals surface area contributed by atoms with Gasteiger partial charge in [-0.25, -0.2) is 15.0 Å². The molecular weight excluding hydrogens is 1130 g/mol. The fourth-order valence-corrected chi connectivity index (χ4v) is 14.5. The molecule has 19 aromatic rings. The predicted molar refractivity (Wildman–Crippen MR) is 386 cm³/mol. The number of aromatic nitrogens is 5. The van der Waals surface area contributed by atoms with Gasteiger partial charge in [-0.3, -0.25) is 4.98 Å². The zero-order chi connectivity index (χ0) is 61.1. The maximum Gasteiger partial charge on any atom is 0.182 e. The summed E-state index contributed by atoms with van der Waals surface area (Å²) in [5.41, 5.74) is 14.9. The summed E-state index contributed by atoms with van der Waals surface area (Å²) in [4.78, 5) is 22.3. The van der Waals surface area contributed by atoms with Crippen LogP contribution in [-0.2, 0) is 0 Å². The van der Waals surface area contributed by atoms with E-state index < -0.39 is 0 Å². The fourth-order valence-electron chi connectivity index (χ4n) is 14.5. The van der Waals surface area contributed by atoms with E-state index in [0.29, 0.717) is 23.2 Å². The molecule has 0 unspecified atom stereocenters. The number of pyridine rings is 1. The van der Waals surface area contributed by atoms with E-state index in [4.69, 9.17) is 19.4 Å². The number of anilines is 3. The van der Waals surface area contributed by atoms with Crippen LogP contribution in [0.3, 0.4) is 0 Å². The number of rotatable bonds is 9. The fraction of sp³-hybridized carbons (Fsp3) is 0. The van der Waals surface area contributed by atoms with Crippen LogP contribution < -0.4 is 4.90 Å². The van der Waals surface area contributed by atoms with Crippen LogP contribution in [0.15, 0.2) is 320 Å². The summed E-state index contributed by atoms with van der Waals surface area (Å²) in [6.45, 7) is 0. The van der Waals surface area contributed by atoms with Crippen LogP contribution in [0.25, 0.3) is 171 Å². The standard InChI is InChI=1S/C86H52N6O/c1-3-18-53(19-4-1)57-23-15-26-61(48-57)91(64-39-37-55-36-35-54-20-7-8-28-65(54)75(55)52-64)63-40-41-67-58(49-63)24-17-33-66(67)59-38-45-78-76(51-59)81-79(46-44-74-73-43-42-72-70-31-10-9-29-68(70)69-30-11-12-32-71(69)80(72)82(73)93-83(74)81)92(78)62-27-16-25-60(50-62)85-88-84(56-21-5-2-6-22-56)89-86(90-85)77-34-13-14-47-87-77/h1-52H. The summed E-state index contributed by atoms with van der Waals surface area (Å²) >= 11 is 0. The number of nitrogens with zero attached hydrogens (tertiary/aromatic N) is 6. The third-order valence-electron chi connectivity index (χ3n) is 18.8. The Morgan fingerprint density at radius 1 is 0.280 bits per heavy atom. The molecule has 7 heteroatoms. The SMILES string of the molecule is c1ccc(-c2cccc(N(c3ccc4c(-c5ccc6c(c5)c5c7oc8c(ccc9c%10ccccc%10c%10ccccc%10c98)c7ccc5n6-c5cccc(-c6nc(-c7ccccc7)nc(-c7ccccn7)n6)c5)cccc4c3)c3ccc4ccc5ccccc5c4c3)c2)cc1. The van der Waals surface area contributed by atoms with Crippen molar-refractivity contribution < 1.29 is 4.42 Å². The molecule has 0 saturated carbocycles.